The van der Waals surface area contributed by atoms with E-state index in [0.29, 0.717) is 0 Å². The smallest absolute Gasteiger partial charge is 0.361 e. The second-order valence-electron chi connectivity index (χ2n) is 1.97. The topological polar surface area (TPSA) is 75.9 Å². The normalized spacial score (nSPS) is 11.7. The van der Waals surface area contributed by atoms with E-state index in [1.807, 2.05) is 0 Å². The van der Waals surface area contributed by atoms with Crippen molar-refractivity contribution in [2.45, 2.75) is 13.0 Å². The van der Waals surface area contributed by atoms with E-state index in [1.165, 1.54) is 13.1 Å². The van der Waals surface area contributed by atoms with Crippen LogP contribution in [0, 0.1) is 11.3 Å². The lowest BCUT2D eigenvalue weighted by molar-refractivity contribution is 0.0429. The predicted octanol–water partition coefficient (Wildman–Crippen LogP) is 0.607. The maximum absolute atomic E-state index is 11.0. The molecule has 0 amide bonds. The van der Waals surface area contributed by atoms with Crippen molar-refractivity contribution < 1.29 is 9.53 Å². The maximum Gasteiger partial charge on any atom is 0.361 e. The lowest BCUT2D eigenvalue weighted by Crippen LogP contribution is -2.13. The van der Waals surface area contributed by atoms with Crippen LogP contribution in [0.2, 0.25) is 0 Å². The Bertz CT molecular complexity index is 303. The standard InChI is InChI=1S/C6H5N3O2S/c1-4(2-7)11-6(10)5-3-8-12-9-5/h3-4H,1H3. The van der Waals surface area contributed by atoms with Gasteiger partial charge in [0.05, 0.1) is 17.9 Å². The Balaban J connectivity index is 2.57. The van der Waals surface area contributed by atoms with Crippen LogP contribution in [0.4, 0.5) is 0 Å². The van der Waals surface area contributed by atoms with Crippen molar-refractivity contribution in [3.63, 3.8) is 0 Å². The zero-order valence-electron chi connectivity index (χ0n) is 6.22. The summed E-state index contributed by atoms with van der Waals surface area (Å²) in [5, 5.41) is 8.32. The van der Waals surface area contributed by atoms with Crippen molar-refractivity contribution in [3.05, 3.63) is 11.9 Å². The van der Waals surface area contributed by atoms with Crippen LogP contribution >= 0.6 is 11.7 Å². The first kappa shape index (κ1) is 8.62. The zero-order chi connectivity index (χ0) is 8.97. The molecule has 1 aromatic rings. The molecule has 12 heavy (non-hydrogen) atoms. The Morgan fingerprint density at radius 1 is 1.92 bits per heavy atom. The average Bonchev–Trinajstić information content (AvgIpc) is 2.56. The molecule has 5 nitrogen and oxygen atoms in total. The summed E-state index contributed by atoms with van der Waals surface area (Å²) in [6.45, 7) is 1.48. The van der Waals surface area contributed by atoms with E-state index in [9.17, 15) is 4.79 Å². The van der Waals surface area contributed by atoms with E-state index < -0.39 is 12.1 Å². The van der Waals surface area contributed by atoms with Crippen molar-refractivity contribution in [2.24, 2.45) is 0 Å². The Labute approximate surface area is 72.9 Å². The lowest BCUT2D eigenvalue weighted by atomic mass is 10.4. The van der Waals surface area contributed by atoms with Crippen LogP contribution in [0.25, 0.3) is 0 Å². The first-order valence-electron chi connectivity index (χ1n) is 3.12. The number of esters is 1. The first-order valence-corrected chi connectivity index (χ1v) is 3.85. The number of nitrogens with zero attached hydrogens (tertiary/aromatic N) is 3. The van der Waals surface area contributed by atoms with Crippen LogP contribution in [0.3, 0.4) is 0 Å². The molecule has 0 saturated carbocycles. The summed E-state index contributed by atoms with van der Waals surface area (Å²) in [7, 11) is 0. The molecule has 0 bridgehead atoms. The molecular formula is C6H5N3O2S. The molecule has 62 valence electrons. The monoisotopic (exact) mass is 183 g/mol. The summed E-state index contributed by atoms with van der Waals surface area (Å²) in [5.41, 5.74) is 0.141. The van der Waals surface area contributed by atoms with Gasteiger partial charge < -0.3 is 4.74 Å². The van der Waals surface area contributed by atoms with Crippen LogP contribution in [-0.4, -0.2) is 20.8 Å². The van der Waals surface area contributed by atoms with Gasteiger partial charge in [0, 0.05) is 0 Å². The van der Waals surface area contributed by atoms with Crippen molar-refractivity contribution in [3.8, 4) is 6.07 Å². The predicted molar refractivity (Wildman–Crippen MR) is 40.4 cm³/mol. The molecule has 0 fully saturated rings. The van der Waals surface area contributed by atoms with E-state index in [2.05, 4.69) is 13.5 Å². The molecule has 1 heterocycles. The molecule has 0 aliphatic carbocycles. The van der Waals surface area contributed by atoms with Gasteiger partial charge in [0.15, 0.2) is 11.8 Å². The fraction of sp³-hybridized carbons (Fsp3) is 0.333. The average molecular weight is 183 g/mol. The van der Waals surface area contributed by atoms with Gasteiger partial charge in [-0.25, -0.2) is 4.79 Å². The molecule has 1 aromatic heterocycles. The van der Waals surface area contributed by atoms with Gasteiger partial charge in [-0.15, -0.1) is 0 Å². The van der Waals surface area contributed by atoms with Crippen LogP contribution in [0.1, 0.15) is 17.4 Å². The summed E-state index contributed by atoms with van der Waals surface area (Å²) in [5.74, 6) is -0.613. The third-order valence-corrected chi connectivity index (χ3v) is 1.51. The molecule has 0 saturated heterocycles. The van der Waals surface area contributed by atoms with Crippen LogP contribution in [0.5, 0.6) is 0 Å². The second-order valence-corrected chi connectivity index (χ2v) is 2.53. The second kappa shape index (κ2) is 3.78. The summed E-state index contributed by atoms with van der Waals surface area (Å²) in [6.07, 6.45) is 0.552. The van der Waals surface area contributed by atoms with Gasteiger partial charge in [-0.1, -0.05) is 0 Å². The minimum atomic E-state index is -0.751. The molecule has 0 aliphatic heterocycles. The van der Waals surface area contributed by atoms with E-state index in [0.717, 1.165) is 11.7 Å². The number of carbonyl (C=O) groups is 1. The van der Waals surface area contributed by atoms with Gasteiger partial charge in [-0.2, -0.15) is 14.0 Å². The van der Waals surface area contributed by atoms with Gasteiger partial charge >= 0.3 is 5.97 Å². The number of aromatic nitrogens is 2. The molecule has 1 rings (SSSR count). The third kappa shape index (κ3) is 2.00. The highest BCUT2D eigenvalue weighted by Crippen LogP contribution is 2.00. The minimum absolute atomic E-state index is 0.141. The van der Waals surface area contributed by atoms with Gasteiger partial charge in [-0.3, -0.25) is 0 Å². The van der Waals surface area contributed by atoms with Crippen molar-refractivity contribution in [2.75, 3.05) is 0 Å². The van der Waals surface area contributed by atoms with Crippen LogP contribution < -0.4 is 0 Å². The van der Waals surface area contributed by atoms with Crippen molar-refractivity contribution >= 4 is 17.7 Å². The highest BCUT2D eigenvalue weighted by Gasteiger charge is 2.13. The Morgan fingerprint density at radius 2 is 2.67 bits per heavy atom. The van der Waals surface area contributed by atoms with E-state index in [1.54, 1.807) is 6.07 Å². The molecule has 0 N–H and O–H groups in total. The first-order chi connectivity index (χ1) is 5.74. The van der Waals surface area contributed by atoms with E-state index in [-0.39, 0.29) is 5.69 Å². The molecule has 0 radical (unpaired) electrons. The molecular weight excluding hydrogens is 178 g/mol. The molecule has 0 aliphatic rings. The molecule has 6 heteroatoms. The number of carbonyl (C=O) groups excluding carboxylic acids is 1. The van der Waals surface area contributed by atoms with Crippen LogP contribution in [0.15, 0.2) is 6.20 Å². The lowest BCUT2D eigenvalue weighted by Gasteiger charge is -2.01. The van der Waals surface area contributed by atoms with E-state index >= 15 is 0 Å². The fourth-order valence-electron chi connectivity index (χ4n) is 0.502. The Hall–Kier alpha value is -1.48. The summed E-state index contributed by atoms with van der Waals surface area (Å²) >= 11 is 0.919. The highest BCUT2D eigenvalue weighted by atomic mass is 32.1. The highest BCUT2D eigenvalue weighted by molar-refractivity contribution is 6.99. The Kier molecular flexibility index (Phi) is 2.71. The van der Waals surface area contributed by atoms with Crippen molar-refractivity contribution in [1.29, 1.82) is 5.26 Å². The maximum atomic E-state index is 11.0. The number of hydrogen-bond acceptors (Lipinski definition) is 6. The van der Waals surface area contributed by atoms with Gasteiger partial charge in [-0.05, 0) is 6.92 Å². The Morgan fingerprint density at radius 3 is 3.17 bits per heavy atom. The van der Waals surface area contributed by atoms with Gasteiger partial charge in [0.2, 0.25) is 0 Å². The number of nitriles is 1. The summed E-state index contributed by atoms with van der Waals surface area (Å²) < 4.78 is 11.9. The van der Waals surface area contributed by atoms with E-state index in [4.69, 9.17) is 5.26 Å². The van der Waals surface area contributed by atoms with Gasteiger partial charge in [0.25, 0.3) is 0 Å². The fourth-order valence-corrected chi connectivity index (χ4v) is 0.906. The summed E-state index contributed by atoms with van der Waals surface area (Å²) in [4.78, 5) is 11.0. The molecule has 0 spiro atoms. The third-order valence-electron chi connectivity index (χ3n) is 1.04. The SMILES string of the molecule is CC(C#N)OC(=O)c1cnsn1. The minimum Gasteiger partial charge on any atom is -0.442 e. The zero-order valence-corrected chi connectivity index (χ0v) is 7.04. The van der Waals surface area contributed by atoms with Crippen LogP contribution in [-0.2, 0) is 4.74 Å². The molecule has 1 unspecified atom stereocenters. The van der Waals surface area contributed by atoms with Crippen molar-refractivity contribution in [1.82, 2.24) is 8.75 Å². The largest absolute Gasteiger partial charge is 0.442 e. The summed E-state index contributed by atoms with van der Waals surface area (Å²) in [6, 6.07) is 1.77. The molecule has 0 aromatic carbocycles. The number of rotatable bonds is 2. The number of hydrogen-bond donors (Lipinski definition) is 0. The van der Waals surface area contributed by atoms with Gasteiger partial charge in [0.1, 0.15) is 6.07 Å². The number of ether oxygens (including phenoxy) is 1. The quantitative estimate of drug-likeness (QED) is 0.628. The molecule has 1 atom stereocenters.